The summed E-state index contributed by atoms with van der Waals surface area (Å²) in [5.41, 5.74) is 0.340. The zero-order valence-corrected chi connectivity index (χ0v) is 9.87. The second kappa shape index (κ2) is 5.63. The number of benzene rings is 1. The van der Waals surface area contributed by atoms with Gasteiger partial charge in [0.2, 0.25) is 0 Å². The largest absolute Gasteiger partial charge is 0.465 e. The standard InChI is InChI=1S/C11H11ClFNO3/c1-7-3-4-8(12)9(13)10(7)14(11(16)17)5-2-6-15/h3-4,6H,2,5H2,1H3,(H,16,17). The van der Waals surface area contributed by atoms with E-state index in [1.807, 2.05) is 0 Å². The lowest BCUT2D eigenvalue weighted by atomic mass is 10.1. The van der Waals surface area contributed by atoms with Gasteiger partial charge >= 0.3 is 6.09 Å². The normalized spacial score (nSPS) is 10.1. The molecule has 6 heteroatoms. The predicted octanol–water partition coefficient (Wildman–Crippen LogP) is 2.86. The maximum atomic E-state index is 13.8. The molecule has 0 atom stereocenters. The van der Waals surface area contributed by atoms with Gasteiger partial charge in [0.25, 0.3) is 0 Å². The fraction of sp³-hybridized carbons (Fsp3) is 0.273. The highest BCUT2D eigenvalue weighted by Crippen LogP contribution is 2.29. The van der Waals surface area contributed by atoms with Gasteiger partial charge in [0, 0.05) is 13.0 Å². The van der Waals surface area contributed by atoms with Crippen LogP contribution in [0, 0.1) is 12.7 Å². The van der Waals surface area contributed by atoms with Crippen LogP contribution in [-0.4, -0.2) is 24.0 Å². The number of halogens is 2. The molecule has 1 aromatic rings. The average Bonchev–Trinajstić information content (AvgIpc) is 2.28. The molecular weight excluding hydrogens is 249 g/mol. The second-order valence-electron chi connectivity index (χ2n) is 3.42. The molecule has 0 spiro atoms. The fourth-order valence-electron chi connectivity index (χ4n) is 1.45. The number of hydrogen-bond donors (Lipinski definition) is 1. The van der Waals surface area contributed by atoms with Crippen LogP contribution in [0.5, 0.6) is 0 Å². The number of carbonyl (C=O) groups excluding carboxylic acids is 1. The molecule has 0 unspecified atom stereocenters. The van der Waals surface area contributed by atoms with Crippen molar-refractivity contribution >= 4 is 29.7 Å². The van der Waals surface area contributed by atoms with E-state index >= 15 is 0 Å². The summed E-state index contributed by atoms with van der Waals surface area (Å²) in [6, 6.07) is 2.88. The Morgan fingerprint density at radius 1 is 1.59 bits per heavy atom. The van der Waals surface area contributed by atoms with Crippen LogP contribution in [0.1, 0.15) is 12.0 Å². The van der Waals surface area contributed by atoms with Crippen molar-refractivity contribution in [3.05, 3.63) is 28.5 Å². The topological polar surface area (TPSA) is 57.6 Å². The molecule has 1 amide bonds. The third kappa shape index (κ3) is 2.94. The smallest absolute Gasteiger partial charge is 0.411 e. The lowest BCUT2D eigenvalue weighted by molar-refractivity contribution is -0.107. The van der Waals surface area contributed by atoms with Crippen molar-refractivity contribution in [2.45, 2.75) is 13.3 Å². The highest BCUT2D eigenvalue weighted by molar-refractivity contribution is 6.31. The van der Waals surface area contributed by atoms with E-state index in [2.05, 4.69) is 0 Å². The number of hydrogen-bond acceptors (Lipinski definition) is 2. The van der Waals surface area contributed by atoms with Crippen LogP contribution >= 0.6 is 11.6 Å². The van der Waals surface area contributed by atoms with Crippen molar-refractivity contribution in [3.8, 4) is 0 Å². The average molecular weight is 260 g/mol. The van der Waals surface area contributed by atoms with Crippen molar-refractivity contribution in [2.24, 2.45) is 0 Å². The maximum absolute atomic E-state index is 13.8. The van der Waals surface area contributed by atoms with Crippen molar-refractivity contribution in [3.63, 3.8) is 0 Å². The summed E-state index contributed by atoms with van der Waals surface area (Å²) >= 11 is 5.60. The summed E-state index contributed by atoms with van der Waals surface area (Å²) < 4.78 is 13.8. The first-order valence-electron chi connectivity index (χ1n) is 4.87. The zero-order chi connectivity index (χ0) is 13.0. The highest BCUT2D eigenvalue weighted by atomic mass is 35.5. The number of rotatable bonds is 4. The number of carbonyl (C=O) groups is 2. The molecule has 0 heterocycles. The van der Waals surface area contributed by atoms with Crippen LogP contribution in [0.25, 0.3) is 0 Å². The Labute approximate surface area is 103 Å². The van der Waals surface area contributed by atoms with Gasteiger partial charge in [0.15, 0.2) is 5.82 Å². The number of amides is 1. The van der Waals surface area contributed by atoms with E-state index < -0.39 is 11.9 Å². The van der Waals surface area contributed by atoms with Gasteiger partial charge in [-0.1, -0.05) is 17.7 Å². The van der Waals surface area contributed by atoms with E-state index in [4.69, 9.17) is 16.7 Å². The quantitative estimate of drug-likeness (QED) is 0.846. The first kappa shape index (κ1) is 13.4. The van der Waals surface area contributed by atoms with Crippen LogP contribution in [0.15, 0.2) is 12.1 Å². The minimum atomic E-state index is -1.32. The fourth-order valence-corrected chi connectivity index (χ4v) is 1.61. The lowest BCUT2D eigenvalue weighted by Gasteiger charge is -2.21. The molecule has 1 N–H and O–H groups in total. The number of aryl methyl sites for hydroxylation is 1. The van der Waals surface area contributed by atoms with Gasteiger partial charge in [-0.3, -0.25) is 4.90 Å². The zero-order valence-electron chi connectivity index (χ0n) is 9.11. The van der Waals surface area contributed by atoms with Gasteiger partial charge in [-0.15, -0.1) is 0 Å². The summed E-state index contributed by atoms with van der Waals surface area (Å²) in [6.07, 6.45) is -0.748. The van der Waals surface area contributed by atoms with Crippen LogP contribution in [0.4, 0.5) is 14.9 Å². The Morgan fingerprint density at radius 2 is 2.24 bits per heavy atom. The Kier molecular flexibility index (Phi) is 4.45. The van der Waals surface area contributed by atoms with Crippen LogP contribution in [0.3, 0.4) is 0 Å². The number of aldehydes is 1. The Hall–Kier alpha value is -1.62. The molecule has 0 bridgehead atoms. The molecule has 0 aliphatic rings. The molecule has 1 aromatic carbocycles. The molecular formula is C11H11ClFNO3. The van der Waals surface area contributed by atoms with Crippen molar-refractivity contribution in [1.29, 1.82) is 0 Å². The van der Waals surface area contributed by atoms with E-state index in [1.54, 1.807) is 6.92 Å². The maximum Gasteiger partial charge on any atom is 0.411 e. The molecule has 0 aliphatic carbocycles. The van der Waals surface area contributed by atoms with Gasteiger partial charge in [-0.25, -0.2) is 9.18 Å². The molecule has 0 saturated heterocycles. The van der Waals surface area contributed by atoms with Gasteiger partial charge in [0.1, 0.15) is 6.29 Å². The van der Waals surface area contributed by atoms with E-state index in [9.17, 15) is 14.0 Å². The number of carboxylic acid groups (broad SMARTS) is 1. The van der Waals surface area contributed by atoms with Crippen molar-refractivity contribution in [1.82, 2.24) is 0 Å². The summed E-state index contributed by atoms with van der Waals surface area (Å²) in [4.78, 5) is 22.1. The Morgan fingerprint density at radius 3 is 2.76 bits per heavy atom. The minimum absolute atomic E-state index is 0.00229. The van der Waals surface area contributed by atoms with Crippen LogP contribution in [0.2, 0.25) is 5.02 Å². The molecule has 0 radical (unpaired) electrons. The third-order valence-corrected chi connectivity index (χ3v) is 2.53. The van der Waals surface area contributed by atoms with Gasteiger partial charge in [-0.05, 0) is 18.6 Å². The van der Waals surface area contributed by atoms with Gasteiger partial charge in [0.05, 0.1) is 10.7 Å². The minimum Gasteiger partial charge on any atom is -0.465 e. The second-order valence-corrected chi connectivity index (χ2v) is 3.82. The highest BCUT2D eigenvalue weighted by Gasteiger charge is 2.21. The molecule has 1 rings (SSSR count). The summed E-state index contributed by atoms with van der Waals surface area (Å²) in [5, 5.41) is 8.84. The molecule has 92 valence electrons. The summed E-state index contributed by atoms with van der Waals surface area (Å²) in [6.45, 7) is 1.47. The summed E-state index contributed by atoms with van der Waals surface area (Å²) in [7, 11) is 0. The first-order valence-corrected chi connectivity index (χ1v) is 5.25. The van der Waals surface area contributed by atoms with Crippen LogP contribution in [-0.2, 0) is 4.79 Å². The molecule has 4 nitrogen and oxygen atoms in total. The molecule has 0 fully saturated rings. The van der Waals surface area contributed by atoms with Crippen LogP contribution < -0.4 is 4.90 Å². The van der Waals surface area contributed by atoms with Crippen molar-refractivity contribution < 1.29 is 19.1 Å². The summed E-state index contributed by atoms with van der Waals surface area (Å²) in [5.74, 6) is -0.792. The molecule has 17 heavy (non-hydrogen) atoms. The van der Waals surface area contributed by atoms with Crippen molar-refractivity contribution in [2.75, 3.05) is 11.4 Å². The van der Waals surface area contributed by atoms with Gasteiger partial charge < -0.3 is 9.90 Å². The lowest BCUT2D eigenvalue weighted by Crippen LogP contribution is -2.32. The molecule has 0 saturated carbocycles. The van der Waals surface area contributed by atoms with E-state index in [0.717, 1.165) is 4.90 Å². The van der Waals surface area contributed by atoms with E-state index in [-0.39, 0.29) is 23.7 Å². The Bertz CT molecular complexity index is 451. The SMILES string of the molecule is Cc1ccc(Cl)c(F)c1N(CCC=O)C(=O)O. The number of anilines is 1. The van der Waals surface area contributed by atoms with E-state index in [1.165, 1.54) is 12.1 Å². The predicted molar refractivity (Wildman–Crippen MR) is 62.2 cm³/mol. The monoisotopic (exact) mass is 259 g/mol. The Balaban J connectivity index is 3.22. The van der Waals surface area contributed by atoms with Gasteiger partial charge in [-0.2, -0.15) is 0 Å². The molecule has 0 aliphatic heterocycles. The third-order valence-electron chi connectivity index (χ3n) is 2.24. The van der Waals surface area contributed by atoms with E-state index in [0.29, 0.717) is 11.8 Å². The number of nitrogens with zero attached hydrogens (tertiary/aromatic N) is 1. The first-order chi connectivity index (χ1) is 7.99. The molecule has 0 aromatic heterocycles.